The van der Waals surface area contributed by atoms with Crippen LogP contribution < -0.4 is 5.32 Å². The molecule has 0 bridgehead atoms. The van der Waals surface area contributed by atoms with Crippen LogP contribution >= 0.6 is 0 Å². The Morgan fingerprint density at radius 3 is 2.52 bits per heavy atom. The highest BCUT2D eigenvalue weighted by Gasteiger charge is 2.00. The van der Waals surface area contributed by atoms with Gasteiger partial charge in [0, 0.05) is 19.2 Å². The minimum Gasteiger partial charge on any atom is -0.353 e. The normalized spacial score (nSPS) is 11.2. The number of rotatable bonds is 9. The van der Waals surface area contributed by atoms with Gasteiger partial charge in [-0.05, 0) is 55.8 Å². The molecule has 0 unspecified atom stereocenters. The average molecular weight is 340 g/mol. The summed E-state index contributed by atoms with van der Waals surface area (Å²) in [6.45, 7) is 2.58. The van der Waals surface area contributed by atoms with E-state index < -0.39 is 0 Å². The lowest BCUT2D eigenvalue weighted by Crippen LogP contribution is -2.28. The highest BCUT2D eigenvalue weighted by molar-refractivity contribution is 5.91. The van der Waals surface area contributed by atoms with Gasteiger partial charge in [0.15, 0.2) is 0 Å². The fourth-order valence-corrected chi connectivity index (χ4v) is 2.44. The molecule has 0 saturated heterocycles. The van der Waals surface area contributed by atoms with E-state index in [0.717, 1.165) is 31.5 Å². The standard InChI is InChI=1S/C21H25FN2O/c1-24(17-14-18-6-3-2-4-7-18)16-5-15-23-21(25)13-10-19-8-11-20(22)12-9-19/h2-4,6-13H,5,14-17H2,1H3,(H,23,25). The molecule has 0 aliphatic carbocycles. The lowest BCUT2D eigenvalue weighted by atomic mass is 10.1. The van der Waals surface area contributed by atoms with Gasteiger partial charge in [-0.3, -0.25) is 4.79 Å². The summed E-state index contributed by atoms with van der Waals surface area (Å²) < 4.78 is 12.8. The first-order valence-corrected chi connectivity index (χ1v) is 8.57. The molecule has 0 fully saturated rings. The molecule has 0 aromatic heterocycles. The molecule has 0 spiro atoms. The Kier molecular flexibility index (Phi) is 7.86. The van der Waals surface area contributed by atoms with Gasteiger partial charge in [-0.15, -0.1) is 0 Å². The van der Waals surface area contributed by atoms with Crippen LogP contribution in [0.25, 0.3) is 6.08 Å². The van der Waals surface area contributed by atoms with E-state index in [1.54, 1.807) is 18.2 Å². The number of nitrogens with one attached hydrogen (secondary N) is 1. The molecular weight excluding hydrogens is 315 g/mol. The van der Waals surface area contributed by atoms with Crippen LogP contribution in [-0.4, -0.2) is 37.5 Å². The molecule has 2 aromatic rings. The third kappa shape index (κ3) is 7.77. The molecule has 132 valence electrons. The van der Waals surface area contributed by atoms with E-state index in [9.17, 15) is 9.18 Å². The van der Waals surface area contributed by atoms with E-state index in [4.69, 9.17) is 0 Å². The Morgan fingerprint density at radius 2 is 1.80 bits per heavy atom. The van der Waals surface area contributed by atoms with E-state index in [1.807, 2.05) is 6.07 Å². The van der Waals surface area contributed by atoms with Gasteiger partial charge in [0.05, 0.1) is 0 Å². The van der Waals surface area contributed by atoms with Gasteiger partial charge in [0.25, 0.3) is 0 Å². The summed E-state index contributed by atoms with van der Waals surface area (Å²) in [4.78, 5) is 14.0. The van der Waals surface area contributed by atoms with Crippen molar-refractivity contribution in [1.29, 1.82) is 0 Å². The Labute approximate surface area is 149 Å². The summed E-state index contributed by atoms with van der Waals surface area (Å²) in [6, 6.07) is 16.5. The van der Waals surface area contributed by atoms with Crippen molar-refractivity contribution < 1.29 is 9.18 Å². The zero-order valence-corrected chi connectivity index (χ0v) is 14.6. The summed E-state index contributed by atoms with van der Waals surface area (Å²) in [6.07, 6.45) is 5.10. The van der Waals surface area contributed by atoms with Crippen LogP contribution in [0.5, 0.6) is 0 Å². The van der Waals surface area contributed by atoms with Crippen molar-refractivity contribution in [2.45, 2.75) is 12.8 Å². The first kappa shape index (κ1) is 18.9. The van der Waals surface area contributed by atoms with Gasteiger partial charge in [-0.2, -0.15) is 0 Å². The van der Waals surface area contributed by atoms with Gasteiger partial charge in [0.2, 0.25) is 5.91 Å². The van der Waals surface area contributed by atoms with Crippen LogP contribution in [-0.2, 0) is 11.2 Å². The zero-order chi connectivity index (χ0) is 17.9. The Balaban J connectivity index is 1.58. The van der Waals surface area contributed by atoms with Crippen molar-refractivity contribution in [2.24, 2.45) is 0 Å². The predicted molar refractivity (Wildman–Crippen MR) is 101 cm³/mol. The minimum atomic E-state index is -0.280. The summed E-state index contributed by atoms with van der Waals surface area (Å²) >= 11 is 0. The number of amides is 1. The van der Waals surface area contributed by atoms with Gasteiger partial charge < -0.3 is 10.2 Å². The van der Waals surface area contributed by atoms with Gasteiger partial charge in [-0.25, -0.2) is 4.39 Å². The molecule has 0 heterocycles. The molecule has 2 rings (SSSR count). The molecule has 25 heavy (non-hydrogen) atoms. The lowest BCUT2D eigenvalue weighted by molar-refractivity contribution is -0.116. The van der Waals surface area contributed by atoms with Gasteiger partial charge in [0.1, 0.15) is 5.82 Å². The number of carbonyl (C=O) groups excluding carboxylic acids is 1. The molecule has 0 aliphatic rings. The molecule has 0 aliphatic heterocycles. The quantitative estimate of drug-likeness (QED) is 0.559. The molecule has 1 amide bonds. The molecule has 0 atom stereocenters. The van der Waals surface area contributed by atoms with Crippen molar-refractivity contribution in [3.63, 3.8) is 0 Å². The number of hydrogen-bond acceptors (Lipinski definition) is 2. The number of nitrogens with zero attached hydrogens (tertiary/aromatic N) is 1. The smallest absolute Gasteiger partial charge is 0.243 e. The Bertz CT molecular complexity index is 668. The highest BCUT2D eigenvalue weighted by Crippen LogP contribution is 2.04. The maximum absolute atomic E-state index is 12.8. The maximum atomic E-state index is 12.8. The molecule has 0 radical (unpaired) electrons. The topological polar surface area (TPSA) is 32.3 Å². The second-order valence-corrected chi connectivity index (χ2v) is 6.07. The minimum absolute atomic E-state index is 0.128. The van der Waals surface area contributed by atoms with Gasteiger partial charge in [-0.1, -0.05) is 42.5 Å². The molecule has 4 heteroatoms. The first-order chi connectivity index (χ1) is 12.1. The summed E-state index contributed by atoms with van der Waals surface area (Å²) in [7, 11) is 2.10. The molecule has 3 nitrogen and oxygen atoms in total. The molecule has 2 aromatic carbocycles. The monoisotopic (exact) mass is 340 g/mol. The van der Waals surface area contributed by atoms with Gasteiger partial charge >= 0.3 is 0 Å². The van der Waals surface area contributed by atoms with Crippen LogP contribution in [0.1, 0.15) is 17.5 Å². The largest absolute Gasteiger partial charge is 0.353 e. The average Bonchev–Trinajstić information content (AvgIpc) is 2.64. The summed E-state index contributed by atoms with van der Waals surface area (Å²) in [5, 5.41) is 2.87. The number of halogens is 1. The second kappa shape index (κ2) is 10.4. The van der Waals surface area contributed by atoms with Crippen molar-refractivity contribution >= 4 is 12.0 Å². The highest BCUT2D eigenvalue weighted by atomic mass is 19.1. The van der Waals surface area contributed by atoms with Crippen LogP contribution in [0.3, 0.4) is 0 Å². The molecular formula is C21H25FN2O. The van der Waals surface area contributed by atoms with Crippen molar-refractivity contribution in [2.75, 3.05) is 26.7 Å². The second-order valence-electron chi connectivity index (χ2n) is 6.07. The van der Waals surface area contributed by atoms with Crippen LogP contribution in [0.4, 0.5) is 4.39 Å². The number of carbonyl (C=O) groups is 1. The first-order valence-electron chi connectivity index (χ1n) is 8.57. The fourth-order valence-electron chi connectivity index (χ4n) is 2.44. The van der Waals surface area contributed by atoms with Crippen molar-refractivity contribution in [3.8, 4) is 0 Å². The maximum Gasteiger partial charge on any atom is 0.243 e. The summed E-state index contributed by atoms with van der Waals surface area (Å²) in [5.74, 6) is -0.408. The van der Waals surface area contributed by atoms with E-state index in [-0.39, 0.29) is 11.7 Å². The van der Waals surface area contributed by atoms with E-state index in [0.29, 0.717) is 6.54 Å². The van der Waals surface area contributed by atoms with E-state index >= 15 is 0 Å². The van der Waals surface area contributed by atoms with Crippen molar-refractivity contribution in [1.82, 2.24) is 10.2 Å². The predicted octanol–water partition coefficient (Wildman–Crippen LogP) is 3.52. The number of likely N-dealkylation sites (N-methyl/N-ethyl adjacent to an activating group) is 1. The fraction of sp³-hybridized carbons (Fsp3) is 0.286. The van der Waals surface area contributed by atoms with E-state index in [1.165, 1.54) is 23.8 Å². The third-order valence-electron chi connectivity index (χ3n) is 3.94. The third-order valence-corrected chi connectivity index (χ3v) is 3.94. The number of benzene rings is 2. The number of hydrogen-bond donors (Lipinski definition) is 1. The van der Waals surface area contributed by atoms with Crippen LogP contribution in [0, 0.1) is 5.82 Å². The molecule has 0 saturated carbocycles. The summed E-state index contributed by atoms with van der Waals surface area (Å²) in [5.41, 5.74) is 2.14. The molecule has 1 N–H and O–H groups in total. The Hall–Kier alpha value is -2.46. The lowest BCUT2D eigenvalue weighted by Gasteiger charge is -2.16. The van der Waals surface area contributed by atoms with Crippen LogP contribution in [0.2, 0.25) is 0 Å². The van der Waals surface area contributed by atoms with Crippen LogP contribution in [0.15, 0.2) is 60.7 Å². The Morgan fingerprint density at radius 1 is 1.08 bits per heavy atom. The SMILES string of the molecule is CN(CCCNC(=O)C=Cc1ccc(F)cc1)CCc1ccccc1. The zero-order valence-electron chi connectivity index (χ0n) is 14.6. The van der Waals surface area contributed by atoms with Crippen molar-refractivity contribution in [3.05, 3.63) is 77.6 Å². The van der Waals surface area contributed by atoms with E-state index in [2.05, 4.69) is 41.5 Å².